The van der Waals surface area contributed by atoms with E-state index in [-0.39, 0.29) is 0 Å². The third-order valence-electron chi connectivity index (χ3n) is 3.41. The Hall–Kier alpha value is -0.0800. The molecule has 0 aromatic rings. The SMILES string of the molecule is CC1CNCCN(CC2CCC2)C1. The van der Waals surface area contributed by atoms with E-state index < -0.39 is 0 Å². The largest absolute Gasteiger partial charge is 0.315 e. The van der Waals surface area contributed by atoms with Gasteiger partial charge in [0.25, 0.3) is 0 Å². The highest BCUT2D eigenvalue weighted by atomic mass is 15.2. The second-order valence-corrected chi connectivity index (χ2v) is 4.87. The zero-order valence-corrected chi connectivity index (χ0v) is 8.76. The van der Waals surface area contributed by atoms with Crippen LogP contribution in [-0.4, -0.2) is 37.6 Å². The summed E-state index contributed by atoms with van der Waals surface area (Å²) < 4.78 is 0. The van der Waals surface area contributed by atoms with Crippen LogP contribution < -0.4 is 5.32 Å². The quantitative estimate of drug-likeness (QED) is 0.693. The minimum atomic E-state index is 0.836. The van der Waals surface area contributed by atoms with Crippen LogP contribution in [-0.2, 0) is 0 Å². The van der Waals surface area contributed by atoms with Gasteiger partial charge in [-0.05, 0) is 31.2 Å². The Bertz CT molecular complexity index is 154. The zero-order valence-electron chi connectivity index (χ0n) is 8.76. The molecule has 0 spiro atoms. The molecule has 2 fully saturated rings. The van der Waals surface area contributed by atoms with Crippen LogP contribution in [0.1, 0.15) is 26.2 Å². The van der Waals surface area contributed by atoms with E-state index in [1.54, 1.807) is 0 Å². The normalized spacial score (nSPS) is 32.5. The summed E-state index contributed by atoms with van der Waals surface area (Å²) in [7, 11) is 0. The first-order valence-electron chi connectivity index (χ1n) is 5.77. The van der Waals surface area contributed by atoms with Crippen molar-refractivity contribution in [3.05, 3.63) is 0 Å². The van der Waals surface area contributed by atoms with Crippen LogP contribution in [0.3, 0.4) is 0 Å². The van der Waals surface area contributed by atoms with Crippen molar-refractivity contribution in [2.75, 3.05) is 32.7 Å². The molecule has 0 bridgehead atoms. The van der Waals surface area contributed by atoms with Crippen LogP contribution in [0.4, 0.5) is 0 Å². The lowest BCUT2D eigenvalue weighted by Gasteiger charge is -2.32. The lowest BCUT2D eigenvalue weighted by atomic mass is 9.85. The van der Waals surface area contributed by atoms with E-state index in [4.69, 9.17) is 0 Å². The number of nitrogens with zero attached hydrogens (tertiary/aromatic N) is 1. The van der Waals surface area contributed by atoms with Crippen LogP contribution in [0, 0.1) is 11.8 Å². The maximum atomic E-state index is 3.49. The molecule has 1 aliphatic carbocycles. The number of rotatable bonds is 2. The minimum Gasteiger partial charge on any atom is -0.315 e. The molecule has 2 rings (SSSR count). The van der Waals surface area contributed by atoms with E-state index in [1.165, 1.54) is 52.0 Å². The summed E-state index contributed by atoms with van der Waals surface area (Å²) in [6.07, 6.45) is 4.45. The molecule has 0 aromatic heterocycles. The Morgan fingerprint density at radius 2 is 2.23 bits per heavy atom. The van der Waals surface area contributed by atoms with Crippen molar-refractivity contribution >= 4 is 0 Å². The van der Waals surface area contributed by atoms with Crippen molar-refractivity contribution in [3.63, 3.8) is 0 Å². The minimum absolute atomic E-state index is 0.836. The van der Waals surface area contributed by atoms with Gasteiger partial charge in [0.15, 0.2) is 0 Å². The van der Waals surface area contributed by atoms with Gasteiger partial charge in [-0.3, -0.25) is 0 Å². The van der Waals surface area contributed by atoms with Crippen molar-refractivity contribution in [3.8, 4) is 0 Å². The van der Waals surface area contributed by atoms with Gasteiger partial charge in [-0.1, -0.05) is 13.3 Å². The summed E-state index contributed by atoms with van der Waals surface area (Å²) in [6, 6.07) is 0. The maximum absolute atomic E-state index is 3.49. The number of hydrogen-bond donors (Lipinski definition) is 1. The molecule has 2 heteroatoms. The fraction of sp³-hybridized carbons (Fsp3) is 1.00. The van der Waals surface area contributed by atoms with Crippen molar-refractivity contribution in [1.82, 2.24) is 10.2 Å². The van der Waals surface area contributed by atoms with E-state index in [2.05, 4.69) is 17.1 Å². The molecule has 1 unspecified atom stereocenters. The Balaban J connectivity index is 1.75. The molecule has 1 heterocycles. The van der Waals surface area contributed by atoms with E-state index in [1.807, 2.05) is 0 Å². The predicted molar refractivity (Wildman–Crippen MR) is 55.8 cm³/mol. The van der Waals surface area contributed by atoms with Crippen molar-refractivity contribution in [2.24, 2.45) is 11.8 Å². The molecule has 1 saturated carbocycles. The molecule has 1 atom stereocenters. The zero-order chi connectivity index (χ0) is 9.10. The molecule has 13 heavy (non-hydrogen) atoms. The Labute approximate surface area is 81.7 Å². The van der Waals surface area contributed by atoms with E-state index in [9.17, 15) is 0 Å². The summed E-state index contributed by atoms with van der Waals surface area (Å²) in [5.74, 6) is 1.87. The second-order valence-electron chi connectivity index (χ2n) is 4.87. The smallest absolute Gasteiger partial charge is 0.0107 e. The van der Waals surface area contributed by atoms with E-state index in [0.29, 0.717) is 0 Å². The molecule has 0 amide bonds. The predicted octanol–water partition coefficient (Wildman–Crippen LogP) is 1.33. The van der Waals surface area contributed by atoms with Crippen molar-refractivity contribution in [1.29, 1.82) is 0 Å². The molecule has 0 aromatic carbocycles. The average Bonchev–Trinajstić information content (AvgIpc) is 2.22. The van der Waals surface area contributed by atoms with Gasteiger partial charge in [-0.25, -0.2) is 0 Å². The molecule has 0 radical (unpaired) electrons. The molecule has 1 N–H and O–H groups in total. The second kappa shape index (κ2) is 4.43. The third kappa shape index (κ3) is 2.68. The lowest BCUT2D eigenvalue weighted by Crippen LogP contribution is -2.36. The average molecular weight is 182 g/mol. The van der Waals surface area contributed by atoms with Gasteiger partial charge >= 0.3 is 0 Å². The highest BCUT2D eigenvalue weighted by Crippen LogP contribution is 2.27. The van der Waals surface area contributed by atoms with Gasteiger partial charge in [0, 0.05) is 26.2 Å². The monoisotopic (exact) mass is 182 g/mol. The highest BCUT2D eigenvalue weighted by molar-refractivity contribution is 4.77. The van der Waals surface area contributed by atoms with Crippen LogP contribution in [0.15, 0.2) is 0 Å². The van der Waals surface area contributed by atoms with Gasteiger partial charge in [-0.2, -0.15) is 0 Å². The Morgan fingerprint density at radius 3 is 2.92 bits per heavy atom. The molecule has 2 aliphatic rings. The van der Waals surface area contributed by atoms with Gasteiger partial charge in [-0.15, -0.1) is 0 Å². The van der Waals surface area contributed by atoms with Crippen LogP contribution in [0.25, 0.3) is 0 Å². The van der Waals surface area contributed by atoms with Crippen molar-refractivity contribution in [2.45, 2.75) is 26.2 Å². The highest BCUT2D eigenvalue weighted by Gasteiger charge is 2.22. The van der Waals surface area contributed by atoms with Crippen molar-refractivity contribution < 1.29 is 0 Å². The number of hydrogen-bond acceptors (Lipinski definition) is 2. The molecule has 1 aliphatic heterocycles. The summed E-state index contributed by atoms with van der Waals surface area (Å²) in [5, 5.41) is 3.49. The summed E-state index contributed by atoms with van der Waals surface area (Å²) in [4.78, 5) is 2.66. The fourth-order valence-corrected chi connectivity index (χ4v) is 2.39. The molecular weight excluding hydrogens is 160 g/mol. The van der Waals surface area contributed by atoms with Crippen LogP contribution >= 0.6 is 0 Å². The Kier molecular flexibility index (Phi) is 3.23. The van der Waals surface area contributed by atoms with Gasteiger partial charge < -0.3 is 10.2 Å². The molecular formula is C11H22N2. The van der Waals surface area contributed by atoms with Gasteiger partial charge in [0.1, 0.15) is 0 Å². The summed E-state index contributed by atoms with van der Waals surface area (Å²) >= 11 is 0. The topological polar surface area (TPSA) is 15.3 Å². The van der Waals surface area contributed by atoms with E-state index in [0.717, 1.165) is 11.8 Å². The summed E-state index contributed by atoms with van der Waals surface area (Å²) in [5.41, 5.74) is 0. The summed E-state index contributed by atoms with van der Waals surface area (Å²) in [6.45, 7) is 8.70. The van der Waals surface area contributed by atoms with E-state index >= 15 is 0 Å². The first-order chi connectivity index (χ1) is 6.34. The van der Waals surface area contributed by atoms with Gasteiger partial charge in [0.05, 0.1) is 0 Å². The lowest BCUT2D eigenvalue weighted by molar-refractivity contribution is 0.174. The standard InChI is InChI=1S/C11H22N2/c1-10-7-12-5-6-13(8-10)9-11-3-2-4-11/h10-12H,2-9H2,1H3. The van der Waals surface area contributed by atoms with Gasteiger partial charge in [0.2, 0.25) is 0 Å². The van der Waals surface area contributed by atoms with Crippen LogP contribution in [0.5, 0.6) is 0 Å². The van der Waals surface area contributed by atoms with Crippen LogP contribution in [0.2, 0.25) is 0 Å². The first kappa shape index (κ1) is 9.47. The molecule has 76 valence electrons. The molecule has 2 nitrogen and oxygen atoms in total. The Morgan fingerprint density at radius 1 is 1.38 bits per heavy atom. The fourth-order valence-electron chi connectivity index (χ4n) is 2.39. The number of nitrogens with one attached hydrogen (secondary N) is 1. The third-order valence-corrected chi connectivity index (χ3v) is 3.41. The first-order valence-corrected chi connectivity index (χ1v) is 5.77. The molecule has 1 saturated heterocycles. The maximum Gasteiger partial charge on any atom is 0.0107 e.